The van der Waals surface area contributed by atoms with Crippen LogP contribution in [0.15, 0.2) is 27.6 Å². The predicted molar refractivity (Wildman–Crippen MR) is 109 cm³/mol. The first-order valence-electron chi connectivity index (χ1n) is 8.71. The van der Waals surface area contributed by atoms with E-state index in [9.17, 15) is 13.2 Å². The zero-order valence-electron chi connectivity index (χ0n) is 16.2. The molecule has 0 spiro atoms. The number of halogens is 1. The Hall–Kier alpha value is -1.71. The lowest BCUT2D eigenvalue weighted by molar-refractivity contribution is -0.116. The Morgan fingerprint density at radius 1 is 1.22 bits per heavy atom. The maximum atomic E-state index is 12.9. The number of aromatic nitrogens is 2. The van der Waals surface area contributed by atoms with E-state index < -0.39 is 10.0 Å². The topological polar surface area (TPSA) is 84.3 Å². The largest absolute Gasteiger partial charge is 0.324 e. The van der Waals surface area contributed by atoms with Gasteiger partial charge in [0.25, 0.3) is 0 Å². The van der Waals surface area contributed by atoms with Crippen molar-refractivity contribution in [3.63, 3.8) is 0 Å². The summed E-state index contributed by atoms with van der Waals surface area (Å²) in [6, 6.07) is 5.52. The number of rotatable bonds is 7. The Morgan fingerprint density at radius 3 is 2.41 bits per heavy atom. The van der Waals surface area contributed by atoms with E-state index in [1.54, 1.807) is 33.8 Å². The van der Waals surface area contributed by atoms with Crippen molar-refractivity contribution < 1.29 is 13.2 Å². The third-order valence-corrected chi connectivity index (χ3v) is 7.55. The molecule has 1 aromatic heterocycles. The van der Waals surface area contributed by atoms with Crippen LogP contribution in [0.2, 0.25) is 0 Å². The molecule has 0 saturated carbocycles. The number of sulfonamides is 1. The van der Waals surface area contributed by atoms with E-state index >= 15 is 0 Å². The van der Waals surface area contributed by atoms with Crippen molar-refractivity contribution in [2.45, 2.75) is 46.1 Å². The summed E-state index contributed by atoms with van der Waals surface area (Å²) in [6.45, 7) is 9.55. The lowest BCUT2D eigenvalue weighted by atomic mass is 10.2. The van der Waals surface area contributed by atoms with Gasteiger partial charge in [-0.2, -0.15) is 9.40 Å². The standard InChI is InChI=1S/C18H25BrN4O3S/c1-6-22(7-2)27(25,26)18-13(4)21-23(14(18)5)11-17(24)20-15-8-9-16(19)12(3)10-15/h8-10H,6-7,11H2,1-5H3,(H,20,24). The number of amides is 1. The van der Waals surface area contributed by atoms with Gasteiger partial charge in [-0.3, -0.25) is 9.48 Å². The fraction of sp³-hybridized carbons (Fsp3) is 0.444. The number of benzene rings is 1. The second-order valence-electron chi connectivity index (χ2n) is 6.26. The zero-order valence-corrected chi connectivity index (χ0v) is 18.6. The zero-order chi connectivity index (χ0) is 20.4. The lowest BCUT2D eigenvalue weighted by Crippen LogP contribution is -2.31. The second kappa shape index (κ2) is 8.53. The summed E-state index contributed by atoms with van der Waals surface area (Å²) in [4.78, 5) is 12.6. The molecule has 0 fully saturated rings. The minimum atomic E-state index is -3.63. The molecule has 0 bridgehead atoms. The molecule has 148 valence electrons. The molecule has 27 heavy (non-hydrogen) atoms. The van der Waals surface area contributed by atoms with Gasteiger partial charge >= 0.3 is 0 Å². The Morgan fingerprint density at radius 2 is 1.85 bits per heavy atom. The molecule has 1 aromatic carbocycles. The number of hydrogen-bond donors (Lipinski definition) is 1. The lowest BCUT2D eigenvalue weighted by Gasteiger charge is -2.18. The van der Waals surface area contributed by atoms with Gasteiger partial charge in [0.05, 0.1) is 11.4 Å². The van der Waals surface area contributed by atoms with Gasteiger partial charge in [0, 0.05) is 23.2 Å². The summed E-state index contributed by atoms with van der Waals surface area (Å²) in [6.07, 6.45) is 0. The van der Waals surface area contributed by atoms with Crippen molar-refractivity contribution in [1.82, 2.24) is 14.1 Å². The van der Waals surface area contributed by atoms with Crippen LogP contribution in [0.3, 0.4) is 0 Å². The van der Waals surface area contributed by atoms with E-state index in [0.29, 0.717) is 30.2 Å². The van der Waals surface area contributed by atoms with Gasteiger partial charge in [-0.1, -0.05) is 29.8 Å². The average Bonchev–Trinajstić information content (AvgIpc) is 2.86. The molecule has 1 amide bonds. The molecule has 0 aliphatic rings. The van der Waals surface area contributed by atoms with Crippen LogP contribution in [0.25, 0.3) is 0 Å². The summed E-state index contributed by atoms with van der Waals surface area (Å²) < 4.78 is 29.5. The molecule has 0 aliphatic heterocycles. The summed E-state index contributed by atoms with van der Waals surface area (Å²) in [7, 11) is -3.63. The Bertz CT molecular complexity index is 950. The smallest absolute Gasteiger partial charge is 0.246 e. The second-order valence-corrected chi connectivity index (χ2v) is 8.99. The van der Waals surface area contributed by atoms with Crippen molar-refractivity contribution in [2.75, 3.05) is 18.4 Å². The highest BCUT2D eigenvalue weighted by molar-refractivity contribution is 9.10. The highest BCUT2D eigenvalue weighted by Gasteiger charge is 2.29. The van der Waals surface area contributed by atoms with Gasteiger partial charge in [0.1, 0.15) is 11.4 Å². The number of carbonyl (C=O) groups is 1. The van der Waals surface area contributed by atoms with Crippen LogP contribution in [-0.4, -0.2) is 41.5 Å². The van der Waals surface area contributed by atoms with E-state index in [1.807, 2.05) is 19.1 Å². The molecule has 2 rings (SSSR count). The molecule has 1 heterocycles. The van der Waals surface area contributed by atoms with E-state index in [4.69, 9.17) is 0 Å². The number of aryl methyl sites for hydroxylation is 2. The summed E-state index contributed by atoms with van der Waals surface area (Å²) in [5.41, 5.74) is 2.54. The summed E-state index contributed by atoms with van der Waals surface area (Å²) in [5.74, 6) is -0.269. The SMILES string of the molecule is CCN(CC)S(=O)(=O)c1c(C)nn(CC(=O)Nc2ccc(Br)c(C)c2)c1C. The highest BCUT2D eigenvalue weighted by atomic mass is 79.9. The van der Waals surface area contributed by atoms with Crippen molar-refractivity contribution in [3.8, 4) is 0 Å². The molecule has 0 radical (unpaired) electrons. The van der Waals surface area contributed by atoms with Gasteiger partial charge < -0.3 is 5.32 Å². The fourth-order valence-corrected chi connectivity index (χ4v) is 5.04. The van der Waals surface area contributed by atoms with Crippen LogP contribution in [0, 0.1) is 20.8 Å². The van der Waals surface area contributed by atoms with Gasteiger partial charge in [-0.05, 0) is 44.5 Å². The molecule has 0 aliphatic carbocycles. The van der Waals surface area contributed by atoms with Crippen LogP contribution in [0.1, 0.15) is 30.8 Å². The van der Waals surface area contributed by atoms with Crippen molar-refractivity contribution in [3.05, 3.63) is 39.6 Å². The van der Waals surface area contributed by atoms with E-state index in [0.717, 1.165) is 10.0 Å². The first-order chi connectivity index (χ1) is 12.6. The quantitative estimate of drug-likeness (QED) is 0.692. The number of nitrogens with one attached hydrogen (secondary N) is 1. The summed E-state index contributed by atoms with van der Waals surface area (Å²) in [5, 5.41) is 7.10. The van der Waals surface area contributed by atoms with E-state index in [2.05, 4.69) is 26.3 Å². The van der Waals surface area contributed by atoms with Crippen LogP contribution in [0.5, 0.6) is 0 Å². The van der Waals surface area contributed by atoms with Crippen molar-refractivity contribution >= 4 is 37.5 Å². The van der Waals surface area contributed by atoms with Gasteiger partial charge in [-0.15, -0.1) is 0 Å². The molecule has 9 heteroatoms. The predicted octanol–water partition coefficient (Wildman–Crippen LogP) is 3.24. The fourth-order valence-electron chi connectivity index (χ4n) is 2.96. The maximum Gasteiger partial charge on any atom is 0.246 e. The van der Waals surface area contributed by atoms with Gasteiger partial charge in [0.2, 0.25) is 15.9 Å². The third-order valence-electron chi connectivity index (χ3n) is 4.35. The molecule has 0 atom stereocenters. The minimum absolute atomic E-state index is 0.0600. The molecule has 0 unspecified atom stereocenters. The molecule has 1 N–H and O–H groups in total. The van der Waals surface area contributed by atoms with Crippen LogP contribution < -0.4 is 5.32 Å². The molecular weight excluding hydrogens is 432 g/mol. The molecule has 0 saturated heterocycles. The number of anilines is 1. The normalized spacial score (nSPS) is 11.8. The highest BCUT2D eigenvalue weighted by Crippen LogP contribution is 2.24. The maximum absolute atomic E-state index is 12.9. The number of nitrogens with zero attached hydrogens (tertiary/aromatic N) is 3. The average molecular weight is 457 g/mol. The first kappa shape index (κ1) is 21.6. The van der Waals surface area contributed by atoms with Crippen LogP contribution >= 0.6 is 15.9 Å². The van der Waals surface area contributed by atoms with Crippen molar-refractivity contribution in [1.29, 1.82) is 0 Å². The van der Waals surface area contributed by atoms with E-state index in [1.165, 1.54) is 8.99 Å². The number of carbonyl (C=O) groups excluding carboxylic acids is 1. The molecule has 2 aromatic rings. The monoisotopic (exact) mass is 456 g/mol. The van der Waals surface area contributed by atoms with Crippen LogP contribution in [0.4, 0.5) is 5.69 Å². The van der Waals surface area contributed by atoms with Crippen LogP contribution in [-0.2, 0) is 21.4 Å². The van der Waals surface area contributed by atoms with Crippen molar-refractivity contribution in [2.24, 2.45) is 0 Å². The third kappa shape index (κ3) is 4.59. The first-order valence-corrected chi connectivity index (χ1v) is 10.9. The summed E-state index contributed by atoms with van der Waals surface area (Å²) >= 11 is 3.42. The van der Waals surface area contributed by atoms with Gasteiger partial charge in [0.15, 0.2) is 0 Å². The molecule has 7 nitrogen and oxygen atoms in total. The Balaban J connectivity index is 2.25. The minimum Gasteiger partial charge on any atom is -0.324 e. The van der Waals surface area contributed by atoms with E-state index in [-0.39, 0.29) is 17.3 Å². The Kier molecular flexibility index (Phi) is 6.82. The number of hydrogen-bond acceptors (Lipinski definition) is 4. The molecular formula is C18H25BrN4O3S. The Labute approximate surface area is 168 Å². The van der Waals surface area contributed by atoms with Gasteiger partial charge in [-0.25, -0.2) is 8.42 Å².